The predicted octanol–water partition coefficient (Wildman–Crippen LogP) is -0.682. The molecule has 0 saturated heterocycles. The lowest BCUT2D eigenvalue weighted by molar-refractivity contribution is -0.751. The molecule has 2 aromatic rings. The third kappa shape index (κ3) is 2.50. The van der Waals surface area contributed by atoms with Crippen molar-refractivity contribution < 1.29 is 24.1 Å². The van der Waals surface area contributed by atoms with E-state index in [4.69, 9.17) is 5.11 Å². The van der Waals surface area contributed by atoms with E-state index in [-0.39, 0.29) is 18.5 Å². The molecule has 2 rings (SSSR count). The molecule has 0 atom stereocenters. The smallest absolute Gasteiger partial charge is 0.363 e. The highest BCUT2D eigenvalue weighted by molar-refractivity contribution is 7.60. The Kier molecular flexibility index (Phi) is 3.22. The van der Waals surface area contributed by atoms with Gasteiger partial charge in [0.1, 0.15) is 17.4 Å². The lowest BCUT2D eigenvalue weighted by Gasteiger charge is -2.05. The first-order valence-electron chi connectivity index (χ1n) is 4.99. The van der Waals surface area contributed by atoms with Crippen molar-refractivity contribution in [3.8, 4) is 0 Å². The molecule has 0 radical (unpaired) electrons. The van der Waals surface area contributed by atoms with Crippen molar-refractivity contribution in [1.29, 1.82) is 0 Å². The quantitative estimate of drug-likeness (QED) is 0.499. The van der Waals surface area contributed by atoms with Crippen molar-refractivity contribution >= 4 is 23.8 Å². The molecule has 0 unspecified atom stereocenters. The number of benzene rings is 1. The number of aliphatic hydroxyl groups excluding tert-OH is 1. The Morgan fingerprint density at radius 3 is 2.65 bits per heavy atom. The molecular formula is C10H12N2O4P+. The molecule has 0 saturated carbocycles. The minimum absolute atomic E-state index is 0.0726. The third-order valence-electron chi connectivity index (χ3n) is 2.33. The molecule has 0 aliphatic rings. The average Bonchev–Trinajstić information content (AvgIpc) is 2.27. The van der Waals surface area contributed by atoms with Crippen LogP contribution in [0.5, 0.6) is 0 Å². The zero-order chi connectivity index (χ0) is 12.5. The second-order valence-electron chi connectivity index (χ2n) is 3.56. The maximum Gasteiger partial charge on any atom is 0.363 e. The van der Waals surface area contributed by atoms with Crippen LogP contribution in [0, 0.1) is 0 Å². The van der Waals surface area contributed by atoms with Crippen LogP contribution in [0.3, 0.4) is 0 Å². The van der Waals surface area contributed by atoms with Gasteiger partial charge in [-0.25, -0.2) is 0 Å². The van der Waals surface area contributed by atoms with Gasteiger partial charge in [0.05, 0.1) is 0 Å². The van der Waals surface area contributed by atoms with E-state index in [9.17, 15) is 14.4 Å². The van der Waals surface area contributed by atoms with Crippen LogP contribution in [0.4, 0.5) is 0 Å². The fourth-order valence-corrected chi connectivity index (χ4v) is 2.39. The number of fused-ring (bicyclic) bond motifs is 1. The Morgan fingerprint density at radius 2 is 2.00 bits per heavy atom. The number of hydrogen-bond donors (Lipinski definition) is 3. The maximum absolute atomic E-state index is 11.4. The van der Waals surface area contributed by atoms with Crippen LogP contribution >= 0.6 is 7.60 Å². The Balaban J connectivity index is 2.74. The summed E-state index contributed by atoms with van der Waals surface area (Å²) in [7, 11) is -4.36. The Hall–Kier alpha value is -1.33. The van der Waals surface area contributed by atoms with Gasteiger partial charge in [-0.15, -0.1) is 0 Å². The van der Waals surface area contributed by atoms with E-state index >= 15 is 0 Å². The second-order valence-corrected chi connectivity index (χ2v) is 5.13. The lowest BCUT2D eigenvalue weighted by atomic mass is 10.2. The number of nitrogens with zero attached hydrogens (tertiary/aromatic N) is 2. The molecule has 0 aliphatic carbocycles. The molecule has 0 bridgehead atoms. The average molecular weight is 255 g/mol. The normalized spacial score (nSPS) is 11.9. The van der Waals surface area contributed by atoms with E-state index in [0.717, 1.165) is 0 Å². The SMILES string of the molecule is O=P(O)(O)c1c[n+](CCO)nc2ccccc12. The Bertz CT molecular complexity index is 596. The molecule has 0 amide bonds. The minimum Gasteiger partial charge on any atom is -0.390 e. The molecule has 0 aliphatic heterocycles. The molecule has 0 fully saturated rings. The topological polar surface area (TPSA) is 94.5 Å². The number of hydrogen-bond acceptors (Lipinski definition) is 3. The summed E-state index contributed by atoms with van der Waals surface area (Å²) >= 11 is 0. The highest BCUT2D eigenvalue weighted by Gasteiger charge is 2.25. The predicted molar refractivity (Wildman–Crippen MR) is 60.7 cm³/mol. The van der Waals surface area contributed by atoms with Gasteiger partial charge in [0.25, 0.3) is 0 Å². The fourth-order valence-electron chi connectivity index (χ4n) is 1.60. The van der Waals surface area contributed by atoms with Crippen molar-refractivity contribution in [3.05, 3.63) is 30.5 Å². The zero-order valence-electron chi connectivity index (χ0n) is 8.89. The Labute approximate surface area is 97.3 Å². The first kappa shape index (κ1) is 12.1. The summed E-state index contributed by atoms with van der Waals surface area (Å²) in [5.41, 5.74) is 0.488. The summed E-state index contributed by atoms with van der Waals surface area (Å²) in [6.45, 7) is 0.0500. The van der Waals surface area contributed by atoms with Crippen LogP contribution in [-0.2, 0) is 11.1 Å². The standard InChI is InChI=1S/C10H11N2O4P/c13-6-5-12-7-10(17(14,15)16)8-3-1-2-4-9(8)11-12/h1-4,7,13H,5-6H2,(H-,14,15,16)/p+1. The van der Waals surface area contributed by atoms with Crippen LogP contribution in [0.25, 0.3) is 10.9 Å². The number of aromatic nitrogens is 2. The van der Waals surface area contributed by atoms with E-state index in [1.807, 2.05) is 0 Å². The molecule has 1 heterocycles. The minimum atomic E-state index is -4.36. The van der Waals surface area contributed by atoms with Gasteiger partial charge in [0, 0.05) is 10.5 Å². The molecule has 0 spiro atoms. The molecule has 17 heavy (non-hydrogen) atoms. The van der Waals surface area contributed by atoms with E-state index in [1.165, 1.54) is 10.9 Å². The first-order valence-corrected chi connectivity index (χ1v) is 6.60. The van der Waals surface area contributed by atoms with Crippen molar-refractivity contribution in [3.63, 3.8) is 0 Å². The van der Waals surface area contributed by atoms with E-state index in [2.05, 4.69) is 5.10 Å². The largest absolute Gasteiger partial charge is 0.390 e. The van der Waals surface area contributed by atoms with Crippen molar-refractivity contribution in [1.82, 2.24) is 5.10 Å². The van der Waals surface area contributed by atoms with Crippen LogP contribution in [0.1, 0.15) is 0 Å². The molecule has 7 heteroatoms. The highest BCUT2D eigenvalue weighted by Crippen LogP contribution is 2.35. The molecule has 1 aromatic carbocycles. The van der Waals surface area contributed by atoms with Crippen molar-refractivity contribution in [2.45, 2.75) is 6.54 Å². The van der Waals surface area contributed by atoms with Crippen molar-refractivity contribution in [2.24, 2.45) is 0 Å². The monoisotopic (exact) mass is 255 g/mol. The van der Waals surface area contributed by atoms with E-state index in [0.29, 0.717) is 10.9 Å². The van der Waals surface area contributed by atoms with Crippen LogP contribution in [-0.4, -0.2) is 26.6 Å². The second kappa shape index (κ2) is 4.50. The summed E-state index contributed by atoms with van der Waals surface area (Å²) in [4.78, 5) is 18.6. The molecule has 3 N–H and O–H groups in total. The lowest BCUT2D eigenvalue weighted by Crippen LogP contribution is -2.42. The van der Waals surface area contributed by atoms with Crippen LogP contribution in [0.2, 0.25) is 0 Å². The van der Waals surface area contributed by atoms with Crippen LogP contribution in [0.15, 0.2) is 30.5 Å². The fraction of sp³-hybridized carbons (Fsp3) is 0.200. The van der Waals surface area contributed by atoms with E-state index < -0.39 is 7.60 Å². The van der Waals surface area contributed by atoms with E-state index in [1.54, 1.807) is 24.3 Å². The highest BCUT2D eigenvalue weighted by atomic mass is 31.2. The summed E-state index contributed by atoms with van der Waals surface area (Å²) < 4.78 is 12.7. The van der Waals surface area contributed by atoms with Crippen LogP contribution < -0.4 is 9.99 Å². The van der Waals surface area contributed by atoms with Gasteiger partial charge in [0.2, 0.25) is 6.20 Å². The van der Waals surface area contributed by atoms with Gasteiger partial charge in [-0.2, -0.15) is 0 Å². The Morgan fingerprint density at radius 1 is 1.29 bits per heavy atom. The van der Waals surface area contributed by atoms with Gasteiger partial charge < -0.3 is 14.9 Å². The number of aliphatic hydroxyl groups is 1. The molecule has 1 aromatic heterocycles. The zero-order valence-corrected chi connectivity index (χ0v) is 9.79. The molecular weight excluding hydrogens is 243 g/mol. The third-order valence-corrected chi connectivity index (χ3v) is 3.31. The van der Waals surface area contributed by atoms with Gasteiger partial charge in [0.15, 0.2) is 6.54 Å². The van der Waals surface area contributed by atoms with Gasteiger partial charge in [-0.1, -0.05) is 22.9 Å². The summed E-state index contributed by atoms with van der Waals surface area (Å²) in [5, 5.41) is 13.3. The summed E-state index contributed by atoms with van der Waals surface area (Å²) in [6.07, 6.45) is 1.28. The maximum atomic E-state index is 11.4. The van der Waals surface area contributed by atoms with Gasteiger partial charge >= 0.3 is 7.60 Å². The summed E-state index contributed by atoms with van der Waals surface area (Å²) in [5.74, 6) is 0. The van der Waals surface area contributed by atoms with Gasteiger partial charge in [-0.3, -0.25) is 4.57 Å². The molecule has 90 valence electrons. The van der Waals surface area contributed by atoms with Crippen molar-refractivity contribution in [2.75, 3.05) is 6.61 Å². The van der Waals surface area contributed by atoms with Gasteiger partial charge in [-0.05, 0) is 6.07 Å². The summed E-state index contributed by atoms with van der Waals surface area (Å²) in [6, 6.07) is 6.71. The first-order chi connectivity index (χ1) is 8.02. The number of rotatable bonds is 3. The molecule has 6 nitrogen and oxygen atoms in total.